The Morgan fingerprint density at radius 2 is 2.07 bits per heavy atom. The third-order valence-corrected chi connectivity index (χ3v) is 5.77. The number of nitrogens with one attached hydrogen (secondary N) is 1. The van der Waals surface area contributed by atoms with Gasteiger partial charge in [0.05, 0.1) is 7.11 Å². The van der Waals surface area contributed by atoms with Gasteiger partial charge in [0.2, 0.25) is 0 Å². The molecule has 2 aromatic carbocycles. The van der Waals surface area contributed by atoms with E-state index in [0.717, 1.165) is 25.2 Å². The first-order chi connectivity index (χ1) is 12.9. The summed E-state index contributed by atoms with van der Waals surface area (Å²) in [5, 5.41) is 2.92. The van der Waals surface area contributed by atoms with Crippen molar-refractivity contribution in [2.75, 3.05) is 25.5 Å². The highest BCUT2D eigenvalue weighted by molar-refractivity contribution is 6.04. The van der Waals surface area contributed by atoms with Gasteiger partial charge in [-0.1, -0.05) is 19.9 Å². The molecule has 2 aliphatic heterocycles. The van der Waals surface area contributed by atoms with Gasteiger partial charge in [-0.05, 0) is 60.8 Å². The van der Waals surface area contributed by atoms with Crippen LogP contribution in [0.5, 0.6) is 5.75 Å². The van der Waals surface area contributed by atoms with Crippen LogP contribution in [0.3, 0.4) is 0 Å². The van der Waals surface area contributed by atoms with Crippen molar-refractivity contribution in [1.82, 2.24) is 4.90 Å². The lowest BCUT2D eigenvalue weighted by Crippen LogP contribution is -2.42. The van der Waals surface area contributed by atoms with Crippen molar-refractivity contribution < 1.29 is 13.9 Å². The zero-order valence-corrected chi connectivity index (χ0v) is 16.0. The Balaban J connectivity index is 1.61. The fourth-order valence-electron chi connectivity index (χ4n) is 4.50. The molecule has 0 spiro atoms. The Morgan fingerprint density at radius 1 is 1.26 bits per heavy atom. The van der Waals surface area contributed by atoms with E-state index in [9.17, 15) is 9.18 Å². The number of hydrogen-bond acceptors (Lipinski definition) is 3. The Hall–Kier alpha value is -2.40. The highest BCUT2D eigenvalue weighted by Gasteiger charge is 2.39. The number of amides is 1. The van der Waals surface area contributed by atoms with Crippen molar-refractivity contribution in [3.8, 4) is 5.75 Å². The van der Waals surface area contributed by atoms with Crippen LogP contribution in [0.25, 0.3) is 0 Å². The molecular weight excluding hydrogens is 343 g/mol. The minimum atomic E-state index is -0.543. The molecule has 1 amide bonds. The van der Waals surface area contributed by atoms with Crippen LogP contribution in [0.2, 0.25) is 0 Å². The summed E-state index contributed by atoms with van der Waals surface area (Å²) in [5.41, 5.74) is 3.78. The second-order valence-corrected chi connectivity index (χ2v) is 8.12. The van der Waals surface area contributed by atoms with Gasteiger partial charge in [-0.25, -0.2) is 4.39 Å². The van der Waals surface area contributed by atoms with Gasteiger partial charge in [-0.3, -0.25) is 9.69 Å². The van der Waals surface area contributed by atoms with Gasteiger partial charge in [-0.2, -0.15) is 0 Å². The Labute approximate surface area is 159 Å². The number of anilines is 1. The van der Waals surface area contributed by atoms with Crippen molar-refractivity contribution in [3.63, 3.8) is 0 Å². The summed E-state index contributed by atoms with van der Waals surface area (Å²) in [7, 11) is 1.40. The van der Waals surface area contributed by atoms with E-state index in [-0.39, 0.29) is 22.6 Å². The van der Waals surface area contributed by atoms with Gasteiger partial charge in [-0.15, -0.1) is 0 Å². The van der Waals surface area contributed by atoms with Gasteiger partial charge < -0.3 is 10.1 Å². The van der Waals surface area contributed by atoms with Crippen LogP contribution in [0.4, 0.5) is 10.1 Å². The number of halogens is 1. The van der Waals surface area contributed by atoms with E-state index in [2.05, 4.69) is 36.2 Å². The van der Waals surface area contributed by atoms with Crippen molar-refractivity contribution >= 4 is 11.6 Å². The molecule has 27 heavy (non-hydrogen) atoms. The van der Waals surface area contributed by atoms with Gasteiger partial charge in [0.1, 0.15) is 0 Å². The number of rotatable bonds is 3. The van der Waals surface area contributed by atoms with E-state index in [1.165, 1.54) is 36.8 Å². The molecule has 0 aliphatic carbocycles. The van der Waals surface area contributed by atoms with Crippen molar-refractivity contribution in [1.29, 1.82) is 0 Å². The van der Waals surface area contributed by atoms with Crippen LogP contribution in [-0.2, 0) is 5.41 Å². The highest BCUT2D eigenvalue weighted by atomic mass is 19.1. The highest BCUT2D eigenvalue weighted by Crippen LogP contribution is 2.45. The molecule has 1 atom stereocenters. The first-order valence-electron chi connectivity index (χ1n) is 9.42. The molecule has 1 saturated heterocycles. The fraction of sp³-hybridized carbons (Fsp3) is 0.409. The lowest BCUT2D eigenvalue weighted by atomic mass is 9.76. The van der Waals surface area contributed by atoms with Crippen LogP contribution in [0.1, 0.15) is 54.2 Å². The molecule has 2 aromatic rings. The van der Waals surface area contributed by atoms with Crippen molar-refractivity contribution in [2.45, 2.75) is 38.1 Å². The standard InChI is InChI=1S/C22H25FN2O2/c1-22(2)13-25-10-4-5-19(25)16-12-15(7-8-17(16)22)24-21(26)14-6-9-20(27-3)18(23)11-14/h6-9,11-12,19H,4-5,10,13H2,1-3H3,(H,24,26). The van der Waals surface area contributed by atoms with Crippen LogP contribution >= 0.6 is 0 Å². The molecule has 5 heteroatoms. The summed E-state index contributed by atoms with van der Waals surface area (Å²) in [4.78, 5) is 15.1. The summed E-state index contributed by atoms with van der Waals surface area (Å²) in [5.74, 6) is -0.738. The molecule has 1 unspecified atom stereocenters. The van der Waals surface area contributed by atoms with E-state index >= 15 is 0 Å². The molecule has 142 valence electrons. The summed E-state index contributed by atoms with van der Waals surface area (Å²) in [6.07, 6.45) is 2.37. The van der Waals surface area contributed by atoms with E-state index in [1.807, 2.05) is 6.07 Å². The molecule has 4 rings (SSSR count). The van der Waals surface area contributed by atoms with Gasteiger partial charge >= 0.3 is 0 Å². The van der Waals surface area contributed by atoms with Gasteiger partial charge in [0, 0.05) is 29.3 Å². The third-order valence-electron chi connectivity index (χ3n) is 5.77. The topological polar surface area (TPSA) is 41.6 Å². The number of ether oxygens (including phenoxy) is 1. The normalized spacial score (nSPS) is 20.7. The van der Waals surface area contributed by atoms with E-state index in [1.54, 1.807) is 6.07 Å². The summed E-state index contributed by atoms with van der Waals surface area (Å²) in [6, 6.07) is 10.8. The SMILES string of the molecule is COc1ccc(C(=O)Nc2ccc3c(c2)C2CCCN2CC3(C)C)cc1F. The second kappa shape index (κ2) is 6.64. The first-order valence-corrected chi connectivity index (χ1v) is 9.42. The lowest BCUT2D eigenvalue weighted by molar-refractivity contribution is 0.102. The van der Waals surface area contributed by atoms with Crippen LogP contribution < -0.4 is 10.1 Å². The van der Waals surface area contributed by atoms with Crippen molar-refractivity contribution in [2.24, 2.45) is 0 Å². The number of hydrogen-bond donors (Lipinski definition) is 1. The summed E-state index contributed by atoms with van der Waals surface area (Å²) >= 11 is 0. The Bertz CT molecular complexity index is 894. The summed E-state index contributed by atoms with van der Waals surface area (Å²) in [6.45, 7) is 6.76. The van der Waals surface area contributed by atoms with Gasteiger partial charge in [0.25, 0.3) is 5.91 Å². The predicted octanol–water partition coefficient (Wildman–Crippen LogP) is 4.51. The molecule has 1 N–H and O–H groups in total. The molecule has 1 fully saturated rings. The molecule has 0 aromatic heterocycles. The average molecular weight is 368 g/mol. The monoisotopic (exact) mass is 368 g/mol. The number of carbonyl (C=O) groups is 1. The van der Waals surface area contributed by atoms with Crippen LogP contribution in [0.15, 0.2) is 36.4 Å². The number of carbonyl (C=O) groups excluding carboxylic acids is 1. The lowest BCUT2D eigenvalue weighted by Gasteiger charge is -2.42. The maximum atomic E-state index is 13.9. The first kappa shape index (κ1) is 18.0. The molecule has 4 nitrogen and oxygen atoms in total. The maximum absolute atomic E-state index is 13.9. The third kappa shape index (κ3) is 3.21. The summed E-state index contributed by atoms with van der Waals surface area (Å²) < 4.78 is 18.8. The molecule has 0 radical (unpaired) electrons. The maximum Gasteiger partial charge on any atom is 0.255 e. The van der Waals surface area contributed by atoms with Crippen molar-refractivity contribution in [3.05, 3.63) is 58.9 Å². The minimum Gasteiger partial charge on any atom is -0.494 e. The Kier molecular flexibility index (Phi) is 4.42. The van der Waals surface area contributed by atoms with Crippen LogP contribution in [-0.4, -0.2) is 31.0 Å². The number of nitrogens with zero attached hydrogens (tertiary/aromatic N) is 1. The van der Waals surface area contributed by atoms with E-state index in [0.29, 0.717) is 6.04 Å². The zero-order chi connectivity index (χ0) is 19.2. The predicted molar refractivity (Wildman–Crippen MR) is 104 cm³/mol. The molecule has 2 aliphatic rings. The molecule has 0 bridgehead atoms. The zero-order valence-electron chi connectivity index (χ0n) is 16.0. The number of methoxy groups -OCH3 is 1. The quantitative estimate of drug-likeness (QED) is 0.866. The van der Waals surface area contributed by atoms with E-state index in [4.69, 9.17) is 4.74 Å². The number of fused-ring (bicyclic) bond motifs is 3. The molecular formula is C22H25FN2O2. The average Bonchev–Trinajstić information content (AvgIpc) is 3.09. The van der Waals surface area contributed by atoms with Crippen LogP contribution in [0, 0.1) is 5.82 Å². The van der Waals surface area contributed by atoms with Gasteiger partial charge in [0.15, 0.2) is 11.6 Å². The van der Waals surface area contributed by atoms with E-state index < -0.39 is 5.82 Å². The smallest absolute Gasteiger partial charge is 0.255 e. The second-order valence-electron chi connectivity index (χ2n) is 8.12. The molecule has 0 saturated carbocycles. The Morgan fingerprint density at radius 3 is 2.81 bits per heavy atom. The number of benzene rings is 2. The fourth-order valence-corrected chi connectivity index (χ4v) is 4.50. The largest absolute Gasteiger partial charge is 0.494 e. The molecule has 2 heterocycles. The minimum absolute atomic E-state index is 0.0951.